The molecule has 0 amide bonds. The summed E-state index contributed by atoms with van der Waals surface area (Å²) in [5, 5.41) is 19.4. The van der Waals surface area contributed by atoms with Crippen LogP contribution in [0.3, 0.4) is 0 Å². The summed E-state index contributed by atoms with van der Waals surface area (Å²) in [5.41, 5.74) is 2.08. The first-order valence-corrected chi connectivity index (χ1v) is 8.08. The van der Waals surface area contributed by atoms with Crippen LogP contribution in [-0.4, -0.2) is 31.0 Å². The van der Waals surface area contributed by atoms with Gasteiger partial charge in [0.2, 0.25) is 0 Å². The van der Waals surface area contributed by atoms with E-state index in [0.29, 0.717) is 5.75 Å². The number of benzene rings is 1. The zero-order valence-electron chi connectivity index (χ0n) is 14.7. The van der Waals surface area contributed by atoms with Gasteiger partial charge in [-0.05, 0) is 37.1 Å². The third-order valence-corrected chi connectivity index (χ3v) is 4.22. The van der Waals surface area contributed by atoms with E-state index in [9.17, 15) is 10.2 Å². The van der Waals surface area contributed by atoms with Crippen molar-refractivity contribution < 1.29 is 24.4 Å². The first-order valence-electron chi connectivity index (χ1n) is 8.08. The van der Waals surface area contributed by atoms with Crippen molar-refractivity contribution in [3.63, 3.8) is 0 Å². The normalized spacial score (nSPS) is 17.1. The quantitative estimate of drug-likeness (QED) is 0.796. The average molecular weight is 334 g/mol. The Bertz CT molecular complexity index is 633. The Hall–Kier alpha value is -2.14. The minimum atomic E-state index is -0.364. The van der Waals surface area contributed by atoms with E-state index in [4.69, 9.17) is 14.2 Å². The largest absolute Gasteiger partial charge is 0.504 e. The lowest BCUT2D eigenvalue weighted by atomic mass is 9.96. The zero-order chi connectivity index (χ0) is 17.7. The van der Waals surface area contributed by atoms with Gasteiger partial charge < -0.3 is 24.4 Å². The Morgan fingerprint density at radius 2 is 1.92 bits per heavy atom. The van der Waals surface area contributed by atoms with E-state index >= 15 is 0 Å². The third-order valence-electron chi connectivity index (χ3n) is 4.22. The summed E-state index contributed by atoms with van der Waals surface area (Å²) in [6, 6.07) is 5.10. The van der Waals surface area contributed by atoms with E-state index in [-0.39, 0.29) is 24.4 Å². The molecule has 2 unspecified atom stereocenters. The number of hydrogen-bond acceptors (Lipinski definition) is 5. The van der Waals surface area contributed by atoms with Gasteiger partial charge >= 0.3 is 0 Å². The van der Waals surface area contributed by atoms with Crippen LogP contribution in [0.15, 0.2) is 41.4 Å². The van der Waals surface area contributed by atoms with Crippen LogP contribution in [0, 0.1) is 5.92 Å². The summed E-state index contributed by atoms with van der Waals surface area (Å²) in [7, 11) is 3.13. The molecule has 2 atom stereocenters. The first-order chi connectivity index (χ1) is 11.5. The van der Waals surface area contributed by atoms with Gasteiger partial charge in [0.15, 0.2) is 17.3 Å². The van der Waals surface area contributed by atoms with Crippen LogP contribution < -0.4 is 4.74 Å². The molecule has 1 aliphatic carbocycles. The summed E-state index contributed by atoms with van der Waals surface area (Å²) in [6.07, 6.45) is 3.30. The second-order valence-electron chi connectivity index (χ2n) is 6.11. The summed E-state index contributed by atoms with van der Waals surface area (Å²) >= 11 is 0. The number of phenolic OH excluding ortho intramolecular Hbond substituents is 1. The number of hydrogen-bond donors (Lipinski definition) is 2. The van der Waals surface area contributed by atoms with Crippen LogP contribution in [0.25, 0.3) is 0 Å². The molecule has 1 aromatic rings. The van der Waals surface area contributed by atoms with Crippen LogP contribution in [0.2, 0.25) is 0 Å². The molecule has 5 nitrogen and oxygen atoms in total. The molecule has 0 bridgehead atoms. The van der Waals surface area contributed by atoms with Crippen LogP contribution in [0.1, 0.15) is 38.4 Å². The molecule has 0 saturated carbocycles. The summed E-state index contributed by atoms with van der Waals surface area (Å²) in [6.45, 7) is 3.97. The van der Waals surface area contributed by atoms with Crippen molar-refractivity contribution in [2.45, 2.75) is 32.8 Å². The Labute approximate surface area is 143 Å². The van der Waals surface area contributed by atoms with Crippen LogP contribution >= 0.6 is 0 Å². The molecule has 2 rings (SSSR count). The molecular formula is C19H26O5. The molecule has 0 heterocycles. The molecule has 5 heteroatoms. The van der Waals surface area contributed by atoms with Crippen LogP contribution in [0.4, 0.5) is 0 Å². The Morgan fingerprint density at radius 3 is 2.54 bits per heavy atom. The molecule has 0 saturated heterocycles. The topological polar surface area (TPSA) is 68.2 Å². The van der Waals surface area contributed by atoms with E-state index in [0.717, 1.165) is 29.9 Å². The smallest absolute Gasteiger partial charge is 0.160 e. The second-order valence-corrected chi connectivity index (χ2v) is 6.11. The SMILES string of the molecule is COC1=C(OC(c2ccc(O)c(OC)c2)C(C)CO)CCC(C)=C1. The molecular weight excluding hydrogens is 308 g/mol. The van der Waals surface area contributed by atoms with Crippen molar-refractivity contribution in [1.82, 2.24) is 0 Å². The maximum Gasteiger partial charge on any atom is 0.160 e. The molecule has 0 aliphatic heterocycles. The van der Waals surface area contributed by atoms with Crippen LogP contribution in [0.5, 0.6) is 11.5 Å². The summed E-state index contributed by atoms with van der Waals surface area (Å²) in [4.78, 5) is 0. The Morgan fingerprint density at radius 1 is 1.17 bits per heavy atom. The molecule has 24 heavy (non-hydrogen) atoms. The fourth-order valence-electron chi connectivity index (χ4n) is 2.73. The van der Waals surface area contributed by atoms with Gasteiger partial charge in [0.25, 0.3) is 0 Å². The van der Waals surface area contributed by atoms with Gasteiger partial charge in [-0.3, -0.25) is 0 Å². The van der Waals surface area contributed by atoms with Crippen molar-refractivity contribution >= 4 is 0 Å². The number of allylic oxidation sites excluding steroid dienone is 3. The number of aliphatic hydroxyl groups excluding tert-OH is 1. The Kier molecular flexibility index (Phi) is 6.15. The number of rotatable bonds is 7. The number of ether oxygens (including phenoxy) is 3. The van der Waals surface area contributed by atoms with E-state index in [1.807, 2.05) is 13.0 Å². The van der Waals surface area contributed by atoms with Crippen molar-refractivity contribution in [1.29, 1.82) is 0 Å². The number of aliphatic hydroxyl groups is 1. The number of aromatic hydroxyl groups is 1. The van der Waals surface area contributed by atoms with Crippen molar-refractivity contribution in [2.24, 2.45) is 5.92 Å². The number of methoxy groups -OCH3 is 2. The lowest BCUT2D eigenvalue weighted by Crippen LogP contribution is -2.18. The molecule has 2 N–H and O–H groups in total. The predicted molar refractivity (Wildman–Crippen MR) is 91.8 cm³/mol. The zero-order valence-corrected chi connectivity index (χ0v) is 14.7. The van der Waals surface area contributed by atoms with Gasteiger partial charge in [-0.25, -0.2) is 0 Å². The summed E-state index contributed by atoms with van der Waals surface area (Å²) < 4.78 is 16.9. The highest BCUT2D eigenvalue weighted by atomic mass is 16.5. The highest BCUT2D eigenvalue weighted by Crippen LogP contribution is 2.37. The van der Waals surface area contributed by atoms with Gasteiger partial charge in [-0.15, -0.1) is 0 Å². The van der Waals surface area contributed by atoms with Gasteiger partial charge in [-0.1, -0.05) is 18.6 Å². The van der Waals surface area contributed by atoms with Crippen molar-refractivity contribution in [3.8, 4) is 11.5 Å². The lowest BCUT2D eigenvalue weighted by Gasteiger charge is -2.28. The molecule has 132 valence electrons. The Balaban J connectivity index is 2.36. The molecule has 0 aromatic heterocycles. The maximum absolute atomic E-state index is 9.79. The van der Waals surface area contributed by atoms with E-state index in [2.05, 4.69) is 6.92 Å². The molecule has 0 radical (unpaired) electrons. The van der Waals surface area contributed by atoms with Gasteiger partial charge in [0.05, 0.1) is 14.2 Å². The highest BCUT2D eigenvalue weighted by Gasteiger charge is 2.25. The summed E-state index contributed by atoms with van der Waals surface area (Å²) in [5.74, 6) is 1.83. The average Bonchev–Trinajstić information content (AvgIpc) is 2.60. The van der Waals surface area contributed by atoms with E-state index in [1.54, 1.807) is 25.3 Å². The first kappa shape index (κ1) is 18.2. The fourth-order valence-corrected chi connectivity index (χ4v) is 2.73. The van der Waals surface area contributed by atoms with Crippen LogP contribution in [-0.2, 0) is 9.47 Å². The van der Waals surface area contributed by atoms with Gasteiger partial charge in [0, 0.05) is 18.9 Å². The molecule has 1 aromatic carbocycles. The van der Waals surface area contributed by atoms with Gasteiger partial charge in [0.1, 0.15) is 11.9 Å². The second kappa shape index (κ2) is 8.11. The van der Waals surface area contributed by atoms with E-state index < -0.39 is 0 Å². The van der Waals surface area contributed by atoms with Crippen molar-refractivity contribution in [2.75, 3.05) is 20.8 Å². The molecule has 0 spiro atoms. The minimum Gasteiger partial charge on any atom is -0.504 e. The fraction of sp³-hybridized carbons (Fsp3) is 0.474. The monoisotopic (exact) mass is 334 g/mol. The molecule has 1 aliphatic rings. The standard InChI is InChI=1S/C19H26O5/c1-12-5-8-16(18(9-12)23-4)24-19(13(2)11-20)14-6-7-15(21)17(10-14)22-3/h6-7,9-10,13,19-21H,5,8,11H2,1-4H3. The third kappa shape index (κ3) is 4.03. The number of phenols is 1. The lowest BCUT2D eigenvalue weighted by molar-refractivity contribution is 0.0303. The maximum atomic E-state index is 9.79. The van der Waals surface area contributed by atoms with Crippen molar-refractivity contribution in [3.05, 3.63) is 46.9 Å². The van der Waals surface area contributed by atoms with E-state index in [1.165, 1.54) is 12.7 Å². The van der Waals surface area contributed by atoms with Gasteiger partial charge in [-0.2, -0.15) is 0 Å². The molecule has 0 fully saturated rings. The predicted octanol–water partition coefficient (Wildman–Crippen LogP) is 3.69. The highest BCUT2D eigenvalue weighted by molar-refractivity contribution is 5.42. The minimum absolute atomic E-state index is 0.0156.